The molecule has 0 fully saturated rings. The van der Waals surface area contributed by atoms with Crippen molar-refractivity contribution in [1.82, 2.24) is 5.32 Å². The van der Waals surface area contributed by atoms with E-state index in [4.69, 9.17) is 0 Å². The molecule has 1 amide bonds. The number of rotatable bonds is 4. The van der Waals surface area contributed by atoms with E-state index in [1.807, 2.05) is 38.1 Å². The maximum Gasteiger partial charge on any atom is 0.244 e. The minimum atomic E-state index is -0.559. The van der Waals surface area contributed by atoms with Gasteiger partial charge in [-0.15, -0.1) is 0 Å². The van der Waals surface area contributed by atoms with Crippen LogP contribution < -0.4 is 10.6 Å². The van der Waals surface area contributed by atoms with Crippen LogP contribution in [0.3, 0.4) is 0 Å². The van der Waals surface area contributed by atoms with Crippen LogP contribution in [0, 0.1) is 0 Å². The van der Waals surface area contributed by atoms with Crippen molar-refractivity contribution in [3.8, 4) is 0 Å². The lowest BCUT2D eigenvalue weighted by atomic mass is 10.0. The van der Waals surface area contributed by atoms with Gasteiger partial charge >= 0.3 is 0 Å². The summed E-state index contributed by atoms with van der Waals surface area (Å²) in [5.74, 6) is 0.478. The number of benzene rings is 1. The Morgan fingerprint density at radius 2 is 1.71 bits per heavy atom. The highest BCUT2D eigenvalue weighted by Crippen LogP contribution is 2.17. The molecule has 0 saturated heterocycles. The summed E-state index contributed by atoms with van der Waals surface area (Å²) in [6.07, 6.45) is 0. The second-order valence-electron chi connectivity index (χ2n) is 5.11. The normalized spacial score (nSPS) is 11.6. The van der Waals surface area contributed by atoms with Gasteiger partial charge in [0.25, 0.3) is 0 Å². The van der Waals surface area contributed by atoms with Gasteiger partial charge in [0.05, 0.1) is 5.54 Å². The van der Waals surface area contributed by atoms with Crippen molar-refractivity contribution >= 4 is 11.6 Å². The van der Waals surface area contributed by atoms with Gasteiger partial charge < -0.3 is 10.6 Å². The third-order valence-corrected chi connectivity index (χ3v) is 3.03. The van der Waals surface area contributed by atoms with Crippen molar-refractivity contribution in [3.63, 3.8) is 0 Å². The van der Waals surface area contributed by atoms with Gasteiger partial charge in [0, 0.05) is 5.69 Å². The minimum absolute atomic E-state index is 0.0303. The van der Waals surface area contributed by atoms with Crippen molar-refractivity contribution in [1.29, 1.82) is 0 Å². The summed E-state index contributed by atoms with van der Waals surface area (Å²) in [4.78, 5) is 11.9. The Hall–Kier alpha value is -1.35. The average Bonchev–Trinajstić information content (AvgIpc) is 2.29. The van der Waals surface area contributed by atoms with Gasteiger partial charge in [-0.3, -0.25) is 4.79 Å². The highest BCUT2D eigenvalue weighted by molar-refractivity contribution is 5.97. The first kappa shape index (κ1) is 13.7. The second-order valence-corrected chi connectivity index (χ2v) is 5.11. The van der Waals surface area contributed by atoms with Crippen LogP contribution in [-0.4, -0.2) is 18.5 Å². The molecule has 0 saturated carbocycles. The summed E-state index contributed by atoms with van der Waals surface area (Å²) in [7, 11) is 1.78. The number of hydrogen-bond acceptors (Lipinski definition) is 2. The maximum atomic E-state index is 11.9. The van der Waals surface area contributed by atoms with E-state index >= 15 is 0 Å². The third-order valence-electron chi connectivity index (χ3n) is 3.03. The minimum Gasteiger partial charge on any atom is -0.325 e. The van der Waals surface area contributed by atoms with Gasteiger partial charge in [-0.1, -0.05) is 26.0 Å². The maximum absolute atomic E-state index is 11.9. The molecular weight excluding hydrogens is 212 g/mol. The van der Waals surface area contributed by atoms with Crippen molar-refractivity contribution in [3.05, 3.63) is 29.8 Å². The summed E-state index contributed by atoms with van der Waals surface area (Å²) in [6, 6.07) is 7.98. The van der Waals surface area contributed by atoms with E-state index in [-0.39, 0.29) is 5.91 Å². The van der Waals surface area contributed by atoms with Gasteiger partial charge in [-0.25, -0.2) is 0 Å². The SMILES string of the molecule is CNC(C)(C)C(=O)Nc1ccc(C(C)C)cc1. The number of hydrogen-bond donors (Lipinski definition) is 2. The van der Waals surface area contributed by atoms with Crippen LogP contribution in [0.25, 0.3) is 0 Å². The smallest absolute Gasteiger partial charge is 0.244 e. The van der Waals surface area contributed by atoms with E-state index in [0.29, 0.717) is 5.92 Å². The zero-order valence-electron chi connectivity index (χ0n) is 11.3. The van der Waals surface area contributed by atoms with Gasteiger partial charge in [-0.05, 0) is 44.5 Å². The molecule has 17 heavy (non-hydrogen) atoms. The largest absolute Gasteiger partial charge is 0.325 e. The molecule has 0 aliphatic carbocycles. The van der Waals surface area contributed by atoms with Crippen LogP contribution in [0.2, 0.25) is 0 Å². The molecule has 0 bridgehead atoms. The van der Waals surface area contributed by atoms with Crippen molar-refractivity contribution in [2.45, 2.75) is 39.2 Å². The molecule has 1 rings (SSSR count). The predicted octanol–water partition coefficient (Wildman–Crippen LogP) is 2.75. The van der Waals surface area contributed by atoms with Crippen LogP contribution in [0.15, 0.2) is 24.3 Å². The molecule has 0 radical (unpaired) electrons. The molecule has 0 unspecified atom stereocenters. The Morgan fingerprint density at radius 3 is 2.12 bits per heavy atom. The van der Waals surface area contributed by atoms with Crippen LogP contribution in [0.5, 0.6) is 0 Å². The Kier molecular flexibility index (Phi) is 4.29. The first-order valence-electron chi connectivity index (χ1n) is 5.97. The van der Waals surface area contributed by atoms with Gasteiger partial charge in [-0.2, -0.15) is 0 Å². The van der Waals surface area contributed by atoms with Gasteiger partial charge in [0.15, 0.2) is 0 Å². The van der Waals surface area contributed by atoms with Crippen LogP contribution in [0.4, 0.5) is 5.69 Å². The summed E-state index contributed by atoms with van der Waals surface area (Å²) in [6.45, 7) is 8.01. The van der Waals surface area contributed by atoms with Crippen molar-refractivity contribution in [2.75, 3.05) is 12.4 Å². The molecule has 0 aliphatic heterocycles. The Bertz CT molecular complexity index is 380. The molecule has 1 aromatic carbocycles. The van der Waals surface area contributed by atoms with Crippen LogP contribution >= 0.6 is 0 Å². The lowest BCUT2D eigenvalue weighted by Crippen LogP contribution is -2.47. The molecule has 2 N–H and O–H groups in total. The molecule has 3 heteroatoms. The Labute approximate surface area is 104 Å². The highest BCUT2D eigenvalue weighted by Gasteiger charge is 2.24. The fourth-order valence-electron chi connectivity index (χ4n) is 1.35. The number of likely N-dealkylation sites (N-methyl/N-ethyl adjacent to an activating group) is 1. The zero-order chi connectivity index (χ0) is 13.1. The van der Waals surface area contributed by atoms with E-state index in [2.05, 4.69) is 24.5 Å². The number of carbonyl (C=O) groups is 1. The number of carbonyl (C=O) groups excluding carboxylic acids is 1. The third kappa shape index (κ3) is 3.56. The topological polar surface area (TPSA) is 41.1 Å². The Balaban J connectivity index is 2.73. The standard InChI is InChI=1S/C14H22N2O/c1-10(2)11-6-8-12(9-7-11)16-13(17)14(3,4)15-5/h6-10,15H,1-5H3,(H,16,17). The molecule has 0 atom stereocenters. The molecule has 1 aromatic rings. The zero-order valence-corrected chi connectivity index (χ0v) is 11.3. The van der Waals surface area contributed by atoms with Crippen molar-refractivity contribution < 1.29 is 4.79 Å². The van der Waals surface area contributed by atoms with E-state index in [9.17, 15) is 4.79 Å². The number of nitrogens with one attached hydrogen (secondary N) is 2. The quantitative estimate of drug-likeness (QED) is 0.841. The number of amides is 1. The summed E-state index contributed by atoms with van der Waals surface area (Å²) < 4.78 is 0. The highest BCUT2D eigenvalue weighted by atomic mass is 16.2. The molecule has 94 valence electrons. The van der Waals surface area contributed by atoms with Crippen LogP contribution in [0.1, 0.15) is 39.2 Å². The van der Waals surface area contributed by atoms with Crippen LogP contribution in [-0.2, 0) is 4.79 Å². The van der Waals surface area contributed by atoms with E-state index in [0.717, 1.165) is 5.69 Å². The lowest BCUT2D eigenvalue weighted by Gasteiger charge is -2.22. The average molecular weight is 234 g/mol. The first-order chi connectivity index (χ1) is 7.86. The van der Waals surface area contributed by atoms with Gasteiger partial charge in [0.2, 0.25) is 5.91 Å². The summed E-state index contributed by atoms with van der Waals surface area (Å²) in [5.41, 5.74) is 1.55. The fraction of sp³-hybridized carbons (Fsp3) is 0.500. The molecule has 0 heterocycles. The lowest BCUT2D eigenvalue weighted by molar-refractivity contribution is -0.121. The monoisotopic (exact) mass is 234 g/mol. The molecule has 0 aliphatic rings. The summed E-state index contributed by atoms with van der Waals surface area (Å²) >= 11 is 0. The molecule has 3 nitrogen and oxygen atoms in total. The first-order valence-corrected chi connectivity index (χ1v) is 5.97. The van der Waals surface area contributed by atoms with E-state index in [1.165, 1.54) is 5.56 Å². The van der Waals surface area contributed by atoms with E-state index < -0.39 is 5.54 Å². The Morgan fingerprint density at radius 1 is 1.18 bits per heavy atom. The molecular formula is C14H22N2O. The predicted molar refractivity (Wildman–Crippen MR) is 72.3 cm³/mol. The number of anilines is 1. The van der Waals surface area contributed by atoms with E-state index in [1.54, 1.807) is 7.05 Å². The molecule has 0 spiro atoms. The fourth-order valence-corrected chi connectivity index (χ4v) is 1.35. The van der Waals surface area contributed by atoms with Crippen molar-refractivity contribution in [2.24, 2.45) is 0 Å². The molecule has 0 aromatic heterocycles. The second kappa shape index (κ2) is 5.32. The summed E-state index contributed by atoms with van der Waals surface area (Å²) in [5, 5.41) is 5.88. The van der Waals surface area contributed by atoms with Gasteiger partial charge in [0.1, 0.15) is 0 Å².